The summed E-state index contributed by atoms with van der Waals surface area (Å²) in [7, 11) is 3.52. The lowest BCUT2D eigenvalue weighted by Crippen LogP contribution is -2.48. The molecule has 8 heteroatoms. The van der Waals surface area contributed by atoms with Crippen molar-refractivity contribution in [1.29, 1.82) is 0 Å². The molecule has 1 aromatic carbocycles. The number of methoxy groups -OCH3 is 1. The van der Waals surface area contributed by atoms with Gasteiger partial charge in [-0.25, -0.2) is 0 Å². The van der Waals surface area contributed by atoms with Crippen molar-refractivity contribution in [3.63, 3.8) is 0 Å². The Morgan fingerprint density at radius 2 is 1.94 bits per heavy atom. The molecular formula is C27H43N3O5. The normalized spacial score (nSPS) is 25.2. The van der Waals surface area contributed by atoms with Gasteiger partial charge in [-0.3, -0.25) is 14.5 Å². The number of likely N-dealkylation sites (N-methyl/N-ethyl adjacent to an activating group) is 1. The highest BCUT2D eigenvalue weighted by molar-refractivity contribution is 5.98. The standard InChI is InChI=1S/C27H43N3O5/c1-6-7-26(31)28-22-8-9-23-24(14-22)35-18-20(3)30(16-21-10-12-34-13-11-21)15-19(2)25(33-5)17-29(4)27(23)32/h8-9,14,19-21,25H,6-7,10-13,15-18H2,1-5H3,(H,28,31)/t19-,20+,25+/m0/s1. The van der Waals surface area contributed by atoms with Gasteiger partial charge in [0, 0.05) is 71.2 Å². The molecule has 0 saturated carbocycles. The first kappa shape index (κ1) is 27.4. The van der Waals surface area contributed by atoms with Crippen molar-refractivity contribution >= 4 is 17.5 Å². The van der Waals surface area contributed by atoms with E-state index in [0.29, 0.717) is 42.5 Å². The Bertz CT molecular complexity index is 842. The molecule has 0 bridgehead atoms. The third kappa shape index (κ3) is 7.66. The van der Waals surface area contributed by atoms with Crippen LogP contribution >= 0.6 is 0 Å². The lowest BCUT2D eigenvalue weighted by atomic mass is 9.96. The Morgan fingerprint density at radius 1 is 1.20 bits per heavy atom. The number of fused-ring (bicyclic) bond motifs is 1. The number of ether oxygens (including phenoxy) is 3. The van der Waals surface area contributed by atoms with Gasteiger partial charge in [0.2, 0.25) is 5.91 Å². The molecule has 1 N–H and O–H groups in total. The van der Waals surface area contributed by atoms with Crippen molar-refractivity contribution in [2.45, 2.75) is 58.6 Å². The van der Waals surface area contributed by atoms with Crippen molar-refractivity contribution in [2.75, 3.05) is 58.9 Å². The lowest BCUT2D eigenvalue weighted by Gasteiger charge is -2.38. The smallest absolute Gasteiger partial charge is 0.257 e. The first-order valence-electron chi connectivity index (χ1n) is 13.0. The Balaban J connectivity index is 1.88. The van der Waals surface area contributed by atoms with Crippen LogP contribution in [0.25, 0.3) is 0 Å². The molecule has 2 heterocycles. The second-order valence-electron chi connectivity index (χ2n) is 10.1. The predicted molar refractivity (Wildman–Crippen MR) is 137 cm³/mol. The highest BCUT2D eigenvalue weighted by Gasteiger charge is 2.30. The van der Waals surface area contributed by atoms with Crippen LogP contribution in [0, 0.1) is 11.8 Å². The van der Waals surface area contributed by atoms with Gasteiger partial charge in [-0.15, -0.1) is 0 Å². The van der Waals surface area contributed by atoms with E-state index in [4.69, 9.17) is 14.2 Å². The van der Waals surface area contributed by atoms with E-state index < -0.39 is 0 Å². The van der Waals surface area contributed by atoms with E-state index in [1.54, 1.807) is 37.3 Å². The number of hydrogen-bond donors (Lipinski definition) is 1. The minimum absolute atomic E-state index is 0.0445. The predicted octanol–water partition coefficient (Wildman–Crippen LogP) is 3.66. The maximum atomic E-state index is 13.3. The molecule has 3 atom stereocenters. The van der Waals surface area contributed by atoms with Crippen LogP contribution in [0.3, 0.4) is 0 Å². The number of amides is 2. The molecule has 3 rings (SSSR count). The number of benzene rings is 1. The Hall–Kier alpha value is -2.16. The first-order chi connectivity index (χ1) is 16.8. The fraction of sp³-hybridized carbons (Fsp3) is 0.704. The highest BCUT2D eigenvalue weighted by Crippen LogP contribution is 2.27. The largest absolute Gasteiger partial charge is 0.491 e. The van der Waals surface area contributed by atoms with Gasteiger partial charge in [0.25, 0.3) is 5.91 Å². The number of carbonyl (C=O) groups excluding carboxylic acids is 2. The molecule has 0 unspecified atom stereocenters. The third-order valence-electron chi connectivity index (χ3n) is 7.17. The Labute approximate surface area is 210 Å². The van der Waals surface area contributed by atoms with Crippen LogP contribution in [0.1, 0.15) is 56.8 Å². The Morgan fingerprint density at radius 3 is 2.63 bits per heavy atom. The van der Waals surface area contributed by atoms with E-state index in [-0.39, 0.29) is 29.9 Å². The van der Waals surface area contributed by atoms with Gasteiger partial charge in [0.05, 0.1) is 11.7 Å². The number of nitrogens with zero attached hydrogens (tertiary/aromatic N) is 2. The molecule has 35 heavy (non-hydrogen) atoms. The van der Waals surface area contributed by atoms with E-state index in [1.807, 2.05) is 6.92 Å². The quantitative estimate of drug-likeness (QED) is 0.657. The molecule has 0 radical (unpaired) electrons. The number of anilines is 1. The van der Waals surface area contributed by atoms with Gasteiger partial charge in [-0.1, -0.05) is 13.8 Å². The van der Waals surface area contributed by atoms with E-state index in [0.717, 1.165) is 45.6 Å². The fourth-order valence-electron chi connectivity index (χ4n) is 4.89. The summed E-state index contributed by atoms with van der Waals surface area (Å²) in [6.07, 6.45) is 3.30. The van der Waals surface area contributed by atoms with Crippen LogP contribution in [0.15, 0.2) is 18.2 Å². The summed E-state index contributed by atoms with van der Waals surface area (Å²) in [6, 6.07) is 5.44. The minimum atomic E-state index is -0.118. The minimum Gasteiger partial charge on any atom is -0.491 e. The maximum absolute atomic E-state index is 13.3. The second kappa shape index (κ2) is 13.2. The SMILES string of the molecule is CCCC(=O)Nc1ccc2c(c1)OC[C@@H](C)N(CC1CCOCC1)C[C@H](C)[C@H](OC)CN(C)C2=O. The van der Waals surface area contributed by atoms with E-state index in [9.17, 15) is 9.59 Å². The monoisotopic (exact) mass is 489 g/mol. The summed E-state index contributed by atoms with van der Waals surface area (Å²) in [5, 5.41) is 2.92. The van der Waals surface area contributed by atoms with Crippen molar-refractivity contribution in [3.8, 4) is 5.75 Å². The average molecular weight is 490 g/mol. The second-order valence-corrected chi connectivity index (χ2v) is 10.1. The molecule has 0 aromatic heterocycles. The summed E-state index contributed by atoms with van der Waals surface area (Å²) in [5.41, 5.74) is 1.13. The third-order valence-corrected chi connectivity index (χ3v) is 7.17. The fourth-order valence-corrected chi connectivity index (χ4v) is 4.89. The molecule has 1 saturated heterocycles. The van der Waals surface area contributed by atoms with Crippen molar-refractivity contribution < 1.29 is 23.8 Å². The summed E-state index contributed by atoms with van der Waals surface area (Å²) >= 11 is 0. The molecule has 8 nitrogen and oxygen atoms in total. The summed E-state index contributed by atoms with van der Waals surface area (Å²) in [6.45, 7) is 10.8. The molecule has 0 aliphatic carbocycles. The topological polar surface area (TPSA) is 80.3 Å². The number of nitrogens with one attached hydrogen (secondary N) is 1. The zero-order valence-electron chi connectivity index (χ0n) is 22.0. The van der Waals surface area contributed by atoms with Gasteiger partial charge >= 0.3 is 0 Å². The number of rotatable bonds is 6. The molecular weight excluding hydrogens is 446 g/mol. The van der Waals surface area contributed by atoms with Crippen LogP contribution in [-0.2, 0) is 14.3 Å². The van der Waals surface area contributed by atoms with Crippen molar-refractivity contribution in [1.82, 2.24) is 9.80 Å². The van der Waals surface area contributed by atoms with Crippen LogP contribution < -0.4 is 10.1 Å². The van der Waals surface area contributed by atoms with E-state index in [1.165, 1.54) is 0 Å². The molecule has 0 spiro atoms. The van der Waals surface area contributed by atoms with E-state index in [2.05, 4.69) is 24.1 Å². The molecule has 196 valence electrons. The summed E-state index contributed by atoms with van der Waals surface area (Å²) in [4.78, 5) is 29.7. The number of carbonyl (C=O) groups is 2. The van der Waals surface area contributed by atoms with Crippen molar-refractivity contribution in [3.05, 3.63) is 23.8 Å². The van der Waals surface area contributed by atoms with Gasteiger partial charge in [0.15, 0.2) is 0 Å². The molecule has 1 fully saturated rings. The zero-order valence-corrected chi connectivity index (χ0v) is 22.0. The van der Waals surface area contributed by atoms with E-state index >= 15 is 0 Å². The maximum Gasteiger partial charge on any atom is 0.257 e. The summed E-state index contributed by atoms with van der Waals surface area (Å²) in [5.74, 6) is 1.18. The number of hydrogen-bond acceptors (Lipinski definition) is 6. The molecule has 2 aliphatic heterocycles. The first-order valence-corrected chi connectivity index (χ1v) is 13.0. The molecule has 2 amide bonds. The zero-order chi connectivity index (χ0) is 25.4. The van der Waals surface area contributed by atoms with Gasteiger partial charge in [-0.05, 0) is 50.2 Å². The van der Waals surface area contributed by atoms with Crippen molar-refractivity contribution in [2.24, 2.45) is 11.8 Å². The van der Waals surface area contributed by atoms with Gasteiger partial charge in [0.1, 0.15) is 12.4 Å². The summed E-state index contributed by atoms with van der Waals surface area (Å²) < 4.78 is 17.7. The average Bonchev–Trinajstić information content (AvgIpc) is 2.85. The molecule has 1 aromatic rings. The van der Waals surface area contributed by atoms with Crippen LogP contribution in [0.5, 0.6) is 5.75 Å². The molecule has 2 aliphatic rings. The Kier molecular flexibility index (Phi) is 10.4. The lowest BCUT2D eigenvalue weighted by molar-refractivity contribution is -0.116. The highest BCUT2D eigenvalue weighted by atomic mass is 16.5. The van der Waals surface area contributed by atoms with Gasteiger partial charge in [-0.2, -0.15) is 0 Å². The van der Waals surface area contributed by atoms with Crippen LogP contribution in [-0.4, -0.2) is 87.4 Å². The van der Waals surface area contributed by atoms with Crippen LogP contribution in [0.4, 0.5) is 5.69 Å². The van der Waals surface area contributed by atoms with Gasteiger partial charge < -0.3 is 24.4 Å². The van der Waals surface area contributed by atoms with Crippen LogP contribution in [0.2, 0.25) is 0 Å².